The average Bonchev–Trinajstić information content (AvgIpc) is 2.62. The van der Waals surface area contributed by atoms with Crippen LogP contribution in [0.25, 0.3) is 0 Å². The molecule has 2 N–H and O–H groups in total. The van der Waals surface area contributed by atoms with Crippen molar-refractivity contribution in [2.45, 2.75) is 27.3 Å². The molecular formula is C20H31FN4O2. The third-order valence-electron chi connectivity index (χ3n) is 4.63. The van der Waals surface area contributed by atoms with Gasteiger partial charge >= 0.3 is 0 Å². The summed E-state index contributed by atoms with van der Waals surface area (Å²) in [6.45, 7) is 10.7. The summed E-state index contributed by atoms with van der Waals surface area (Å²) in [7, 11) is 0. The van der Waals surface area contributed by atoms with E-state index in [0.29, 0.717) is 37.7 Å². The van der Waals surface area contributed by atoms with Crippen LogP contribution in [0.2, 0.25) is 0 Å². The Kier molecular flexibility index (Phi) is 8.19. The fraction of sp³-hybridized carbons (Fsp3) is 0.600. The first-order chi connectivity index (χ1) is 12.8. The molecular weight excluding hydrogens is 347 g/mol. The third kappa shape index (κ3) is 7.64. The molecule has 150 valence electrons. The van der Waals surface area contributed by atoms with Crippen LogP contribution in [-0.2, 0) is 16.1 Å². The fourth-order valence-corrected chi connectivity index (χ4v) is 2.89. The number of nitrogens with zero attached hydrogens (tertiary/aromatic N) is 2. The lowest BCUT2D eigenvalue weighted by atomic mass is 10.1. The number of amides is 2. The Morgan fingerprint density at radius 1 is 1.04 bits per heavy atom. The molecule has 1 fully saturated rings. The highest BCUT2D eigenvalue weighted by Gasteiger charge is 2.20. The molecule has 1 aliphatic heterocycles. The van der Waals surface area contributed by atoms with E-state index < -0.39 is 0 Å². The molecule has 2 amide bonds. The predicted octanol–water partition coefficient (Wildman–Crippen LogP) is 1.14. The standard InChI is InChI=1S/C20H31FN4O2/c1-15(2)11-22-19(26)13-24-6-8-25(9-7-24)14-20(27)23-12-17-5-4-16(3)18(21)10-17/h4-5,10,15H,6-9,11-14H2,1-3H3,(H,22,26)(H,23,27). The number of piperazine rings is 1. The molecule has 0 aromatic heterocycles. The number of carbonyl (C=O) groups is 2. The summed E-state index contributed by atoms with van der Waals surface area (Å²) < 4.78 is 13.5. The van der Waals surface area contributed by atoms with Crippen LogP contribution in [0, 0.1) is 18.7 Å². The molecule has 6 nitrogen and oxygen atoms in total. The zero-order valence-electron chi connectivity index (χ0n) is 16.6. The molecule has 2 rings (SSSR count). The Morgan fingerprint density at radius 2 is 1.59 bits per heavy atom. The Labute approximate surface area is 161 Å². The molecule has 1 heterocycles. The number of benzene rings is 1. The van der Waals surface area contributed by atoms with Crippen molar-refractivity contribution in [2.24, 2.45) is 5.92 Å². The number of halogens is 1. The molecule has 1 aliphatic rings. The Morgan fingerprint density at radius 3 is 2.11 bits per heavy atom. The molecule has 0 saturated carbocycles. The van der Waals surface area contributed by atoms with Crippen molar-refractivity contribution >= 4 is 11.8 Å². The van der Waals surface area contributed by atoms with Crippen molar-refractivity contribution in [3.63, 3.8) is 0 Å². The maximum absolute atomic E-state index is 13.5. The minimum absolute atomic E-state index is 0.0558. The maximum atomic E-state index is 13.5. The van der Waals surface area contributed by atoms with E-state index in [0.717, 1.165) is 31.7 Å². The molecule has 1 saturated heterocycles. The summed E-state index contributed by atoms with van der Waals surface area (Å²) in [6, 6.07) is 4.99. The van der Waals surface area contributed by atoms with E-state index in [-0.39, 0.29) is 17.6 Å². The van der Waals surface area contributed by atoms with Crippen LogP contribution in [0.4, 0.5) is 4.39 Å². The van der Waals surface area contributed by atoms with Crippen molar-refractivity contribution in [2.75, 3.05) is 45.8 Å². The van der Waals surface area contributed by atoms with E-state index in [4.69, 9.17) is 0 Å². The minimum Gasteiger partial charge on any atom is -0.355 e. The first-order valence-corrected chi connectivity index (χ1v) is 9.56. The van der Waals surface area contributed by atoms with Crippen molar-refractivity contribution in [1.29, 1.82) is 0 Å². The lowest BCUT2D eigenvalue weighted by Crippen LogP contribution is -2.51. The van der Waals surface area contributed by atoms with Gasteiger partial charge in [0.2, 0.25) is 11.8 Å². The molecule has 0 atom stereocenters. The highest BCUT2D eigenvalue weighted by Crippen LogP contribution is 2.09. The zero-order valence-corrected chi connectivity index (χ0v) is 16.6. The van der Waals surface area contributed by atoms with E-state index in [2.05, 4.69) is 34.3 Å². The Hall–Kier alpha value is -1.99. The van der Waals surface area contributed by atoms with E-state index in [1.165, 1.54) is 6.07 Å². The highest BCUT2D eigenvalue weighted by molar-refractivity contribution is 5.78. The molecule has 0 spiro atoms. The van der Waals surface area contributed by atoms with Crippen molar-refractivity contribution in [3.05, 3.63) is 35.1 Å². The van der Waals surface area contributed by atoms with Crippen LogP contribution in [-0.4, -0.2) is 67.4 Å². The topological polar surface area (TPSA) is 64.7 Å². The first kappa shape index (κ1) is 21.3. The van der Waals surface area contributed by atoms with Crippen LogP contribution in [0.1, 0.15) is 25.0 Å². The molecule has 0 bridgehead atoms. The first-order valence-electron chi connectivity index (χ1n) is 9.56. The van der Waals surface area contributed by atoms with Crippen LogP contribution in [0.3, 0.4) is 0 Å². The van der Waals surface area contributed by atoms with Crippen molar-refractivity contribution < 1.29 is 14.0 Å². The second-order valence-electron chi connectivity index (χ2n) is 7.61. The van der Waals surface area contributed by atoms with Gasteiger partial charge in [0.05, 0.1) is 13.1 Å². The average molecular weight is 378 g/mol. The maximum Gasteiger partial charge on any atom is 0.234 e. The number of hydrogen-bond donors (Lipinski definition) is 2. The molecule has 0 radical (unpaired) electrons. The van der Waals surface area contributed by atoms with Crippen LogP contribution in [0.5, 0.6) is 0 Å². The van der Waals surface area contributed by atoms with Crippen molar-refractivity contribution in [3.8, 4) is 0 Å². The van der Waals surface area contributed by atoms with Gasteiger partial charge in [-0.15, -0.1) is 0 Å². The van der Waals surface area contributed by atoms with Gasteiger partial charge in [-0.3, -0.25) is 19.4 Å². The summed E-state index contributed by atoms with van der Waals surface area (Å²) in [5.74, 6) is 0.176. The lowest BCUT2D eigenvalue weighted by molar-refractivity contribution is -0.125. The smallest absolute Gasteiger partial charge is 0.234 e. The van der Waals surface area contributed by atoms with Gasteiger partial charge in [-0.25, -0.2) is 4.39 Å². The summed E-state index contributed by atoms with van der Waals surface area (Å²) in [4.78, 5) is 28.2. The summed E-state index contributed by atoms with van der Waals surface area (Å²) in [5, 5.41) is 5.77. The quantitative estimate of drug-likeness (QED) is 0.712. The summed E-state index contributed by atoms with van der Waals surface area (Å²) in [6.07, 6.45) is 0. The van der Waals surface area contributed by atoms with Gasteiger partial charge in [0.25, 0.3) is 0 Å². The van der Waals surface area contributed by atoms with E-state index >= 15 is 0 Å². The number of rotatable bonds is 8. The second-order valence-corrected chi connectivity index (χ2v) is 7.61. The summed E-state index contributed by atoms with van der Waals surface area (Å²) in [5.41, 5.74) is 1.35. The van der Waals surface area contributed by atoms with E-state index in [1.54, 1.807) is 13.0 Å². The van der Waals surface area contributed by atoms with Crippen LogP contribution in [0.15, 0.2) is 18.2 Å². The largest absolute Gasteiger partial charge is 0.355 e. The van der Waals surface area contributed by atoms with Gasteiger partial charge in [0.15, 0.2) is 0 Å². The molecule has 0 unspecified atom stereocenters. The van der Waals surface area contributed by atoms with Gasteiger partial charge in [-0.2, -0.15) is 0 Å². The molecule has 1 aromatic rings. The van der Waals surface area contributed by atoms with Gasteiger partial charge in [-0.05, 0) is 30.0 Å². The minimum atomic E-state index is -0.254. The normalized spacial score (nSPS) is 15.7. The highest BCUT2D eigenvalue weighted by atomic mass is 19.1. The molecule has 0 aliphatic carbocycles. The van der Waals surface area contributed by atoms with Crippen LogP contribution >= 0.6 is 0 Å². The molecule has 7 heteroatoms. The van der Waals surface area contributed by atoms with E-state index in [1.807, 2.05) is 6.07 Å². The number of carbonyl (C=O) groups excluding carboxylic acids is 2. The number of aryl methyl sites for hydroxylation is 1. The van der Waals surface area contributed by atoms with Gasteiger partial charge < -0.3 is 10.6 Å². The number of hydrogen-bond acceptors (Lipinski definition) is 4. The fourth-order valence-electron chi connectivity index (χ4n) is 2.89. The summed E-state index contributed by atoms with van der Waals surface area (Å²) >= 11 is 0. The predicted molar refractivity (Wildman–Crippen MR) is 104 cm³/mol. The van der Waals surface area contributed by atoms with Crippen molar-refractivity contribution in [1.82, 2.24) is 20.4 Å². The van der Waals surface area contributed by atoms with Gasteiger partial charge in [0.1, 0.15) is 5.82 Å². The third-order valence-corrected chi connectivity index (χ3v) is 4.63. The number of nitrogens with one attached hydrogen (secondary N) is 2. The lowest BCUT2D eigenvalue weighted by Gasteiger charge is -2.33. The van der Waals surface area contributed by atoms with Gasteiger partial charge in [-0.1, -0.05) is 26.0 Å². The molecule has 27 heavy (non-hydrogen) atoms. The van der Waals surface area contributed by atoms with E-state index in [9.17, 15) is 14.0 Å². The Bertz CT molecular complexity index is 643. The van der Waals surface area contributed by atoms with Gasteiger partial charge in [0, 0.05) is 39.3 Å². The Balaban J connectivity index is 1.65. The second kappa shape index (κ2) is 10.4. The monoisotopic (exact) mass is 378 g/mol. The SMILES string of the molecule is Cc1ccc(CNC(=O)CN2CCN(CC(=O)NCC(C)C)CC2)cc1F. The van der Waals surface area contributed by atoms with Crippen LogP contribution < -0.4 is 10.6 Å². The molecule has 1 aromatic carbocycles. The zero-order chi connectivity index (χ0) is 19.8.